The molecule has 0 unspecified atom stereocenters. The van der Waals surface area contributed by atoms with Gasteiger partial charge in [-0.25, -0.2) is 19.9 Å². The molecule has 0 fully saturated rings. The summed E-state index contributed by atoms with van der Waals surface area (Å²) in [4.78, 5) is 21.6. The highest BCUT2D eigenvalue weighted by Crippen LogP contribution is 2.37. The monoisotopic (exact) mass is 471 g/mol. The van der Waals surface area contributed by atoms with E-state index in [9.17, 15) is 18.0 Å². The topological polar surface area (TPSA) is 61.7 Å². The minimum absolute atomic E-state index is 0.0402. The standard InChI is InChI=1S/C18H10Cl2F3N5OS/c1-27-14-15(25-13-8-10(20)4-7-12(13)24-14)30-17(26-27)28(16(29)18(21,22)23)11-5-2-9(19)3-6-11/h2-8H,1H3. The highest BCUT2D eigenvalue weighted by Gasteiger charge is 2.46. The lowest BCUT2D eigenvalue weighted by atomic mass is 10.3. The van der Waals surface area contributed by atoms with Crippen molar-refractivity contribution < 1.29 is 18.0 Å². The van der Waals surface area contributed by atoms with E-state index in [4.69, 9.17) is 23.2 Å². The van der Waals surface area contributed by atoms with Crippen LogP contribution in [0.3, 0.4) is 0 Å². The molecule has 0 spiro atoms. The van der Waals surface area contributed by atoms with Crippen molar-refractivity contribution in [3.05, 3.63) is 52.5 Å². The van der Waals surface area contributed by atoms with Crippen molar-refractivity contribution in [3.8, 4) is 0 Å². The van der Waals surface area contributed by atoms with Crippen molar-refractivity contribution in [2.24, 2.45) is 5.10 Å². The summed E-state index contributed by atoms with van der Waals surface area (Å²) in [7, 11) is 1.51. The van der Waals surface area contributed by atoms with Crippen molar-refractivity contribution >= 4 is 68.6 Å². The normalized spacial score (nSPS) is 13.8. The number of hydrogen-bond acceptors (Lipinski definition) is 6. The van der Waals surface area contributed by atoms with Crippen LogP contribution in [0, 0.1) is 0 Å². The maximum Gasteiger partial charge on any atom is 0.472 e. The van der Waals surface area contributed by atoms with E-state index in [1.165, 1.54) is 36.3 Å². The molecule has 12 heteroatoms. The van der Waals surface area contributed by atoms with Gasteiger partial charge in [0, 0.05) is 17.1 Å². The predicted octanol–water partition coefficient (Wildman–Crippen LogP) is 5.35. The van der Waals surface area contributed by atoms with Crippen LogP contribution in [0.4, 0.5) is 24.7 Å². The fraction of sp³-hybridized carbons (Fsp3) is 0.111. The van der Waals surface area contributed by atoms with Gasteiger partial charge >= 0.3 is 12.1 Å². The van der Waals surface area contributed by atoms with Gasteiger partial charge in [-0.2, -0.15) is 13.2 Å². The molecule has 2 heterocycles. The first-order valence-corrected chi connectivity index (χ1v) is 9.85. The Kier molecular flexibility index (Phi) is 5.25. The number of benzene rings is 2. The molecule has 1 aromatic heterocycles. The molecule has 0 saturated carbocycles. The van der Waals surface area contributed by atoms with Gasteiger partial charge in [-0.1, -0.05) is 23.2 Å². The third-order valence-corrected chi connectivity index (χ3v) is 5.43. The van der Waals surface area contributed by atoms with Crippen molar-refractivity contribution in [3.63, 3.8) is 0 Å². The van der Waals surface area contributed by atoms with Crippen molar-refractivity contribution in [2.45, 2.75) is 11.2 Å². The Morgan fingerprint density at radius 1 is 1.03 bits per heavy atom. The fourth-order valence-electron chi connectivity index (χ4n) is 2.69. The molecular weight excluding hydrogens is 462 g/mol. The summed E-state index contributed by atoms with van der Waals surface area (Å²) >= 11 is 12.6. The molecule has 1 amide bonds. The number of amides is 1. The number of fused-ring (bicyclic) bond motifs is 2. The summed E-state index contributed by atoms with van der Waals surface area (Å²) in [6.45, 7) is 0. The van der Waals surface area contributed by atoms with Gasteiger partial charge < -0.3 is 0 Å². The van der Waals surface area contributed by atoms with E-state index in [0.717, 1.165) is 11.8 Å². The van der Waals surface area contributed by atoms with Gasteiger partial charge in [0.1, 0.15) is 5.03 Å². The minimum Gasteiger partial charge on any atom is -0.263 e. The minimum atomic E-state index is -5.12. The van der Waals surface area contributed by atoms with Crippen molar-refractivity contribution in [1.29, 1.82) is 0 Å². The van der Waals surface area contributed by atoms with E-state index in [1.54, 1.807) is 18.2 Å². The molecule has 0 N–H and O–H groups in total. The summed E-state index contributed by atoms with van der Waals surface area (Å²) in [6.07, 6.45) is -5.12. The highest BCUT2D eigenvalue weighted by molar-refractivity contribution is 8.14. The number of anilines is 2. The number of thioether (sulfide) groups is 1. The van der Waals surface area contributed by atoms with Crippen LogP contribution in [0.25, 0.3) is 11.0 Å². The Bertz CT molecular complexity index is 1190. The van der Waals surface area contributed by atoms with Gasteiger partial charge in [0.15, 0.2) is 5.82 Å². The molecule has 1 aliphatic rings. The number of rotatable bonds is 1. The third-order valence-electron chi connectivity index (χ3n) is 4.03. The quantitative estimate of drug-likeness (QED) is 0.478. The van der Waals surface area contributed by atoms with E-state index < -0.39 is 12.1 Å². The molecule has 0 aliphatic carbocycles. The molecule has 0 bridgehead atoms. The van der Waals surface area contributed by atoms with Crippen LogP contribution in [-0.2, 0) is 4.79 Å². The fourth-order valence-corrected chi connectivity index (χ4v) is 4.01. The third kappa shape index (κ3) is 3.90. The lowest BCUT2D eigenvalue weighted by Crippen LogP contribution is -2.45. The van der Waals surface area contributed by atoms with E-state index in [-0.39, 0.29) is 15.9 Å². The maximum atomic E-state index is 13.3. The van der Waals surface area contributed by atoms with Gasteiger partial charge in [0.2, 0.25) is 5.17 Å². The summed E-state index contributed by atoms with van der Waals surface area (Å²) < 4.78 is 40.0. The number of nitrogens with zero attached hydrogens (tertiary/aromatic N) is 5. The average molecular weight is 472 g/mol. The average Bonchev–Trinajstić information content (AvgIpc) is 2.67. The molecule has 0 radical (unpaired) electrons. The summed E-state index contributed by atoms with van der Waals surface area (Å²) in [6, 6.07) is 10.3. The van der Waals surface area contributed by atoms with Crippen LogP contribution < -0.4 is 9.91 Å². The van der Waals surface area contributed by atoms with E-state index in [1.807, 2.05) is 0 Å². The Balaban J connectivity index is 1.81. The SMILES string of the molecule is CN1N=C(N(C(=O)C(F)(F)F)c2ccc(Cl)cc2)Sc2nc3cc(Cl)ccc3nc21. The van der Waals surface area contributed by atoms with Crippen LogP contribution >= 0.6 is 35.0 Å². The highest BCUT2D eigenvalue weighted by atomic mass is 35.5. The Morgan fingerprint density at radius 3 is 2.37 bits per heavy atom. The largest absolute Gasteiger partial charge is 0.472 e. The molecule has 1 aliphatic heterocycles. The molecule has 3 aromatic rings. The number of hydrogen-bond donors (Lipinski definition) is 0. The van der Waals surface area contributed by atoms with E-state index >= 15 is 0 Å². The van der Waals surface area contributed by atoms with Gasteiger partial charge in [-0.15, -0.1) is 5.10 Å². The molecule has 0 atom stereocenters. The molecule has 30 heavy (non-hydrogen) atoms. The van der Waals surface area contributed by atoms with Crippen LogP contribution in [0.5, 0.6) is 0 Å². The Morgan fingerprint density at radius 2 is 1.70 bits per heavy atom. The zero-order valence-corrected chi connectivity index (χ0v) is 17.3. The zero-order valence-electron chi connectivity index (χ0n) is 15.0. The number of alkyl halides is 3. The number of hydrazone groups is 1. The molecule has 154 valence electrons. The first kappa shape index (κ1) is 20.7. The van der Waals surface area contributed by atoms with E-state index in [2.05, 4.69) is 15.1 Å². The Hall–Kier alpha value is -2.56. The van der Waals surface area contributed by atoms with Gasteiger partial charge in [-0.05, 0) is 54.2 Å². The van der Waals surface area contributed by atoms with E-state index in [0.29, 0.717) is 31.8 Å². The number of carbonyl (C=O) groups excluding carboxylic acids is 1. The molecule has 2 aromatic carbocycles. The number of amidine groups is 1. The molecule has 6 nitrogen and oxygen atoms in total. The van der Waals surface area contributed by atoms with Crippen molar-refractivity contribution in [2.75, 3.05) is 17.0 Å². The first-order chi connectivity index (χ1) is 14.1. The van der Waals surface area contributed by atoms with Crippen LogP contribution in [-0.4, -0.2) is 34.3 Å². The number of halogens is 5. The lowest BCUT2D eigenvalue weighted by Gasteiger charge is -2.29. The van der Waals surface area contributed by atoms with Crippen LogP contribution in [0.15, 0.2) is 52.6 Å². The van der Waals surface area contributed by atoms with Gasteiger partial charge in [-0.3, -0.25) is 4.79 Å². The van der Waals surface area contributed by atoms with Gasteiger partial charge in [0.05, 0.1) is 16.7 Å². The second kappa shape index (κ2) is 7.60. The molecule has 0 saturated heterocycles. The van der Waals surface area contributed by atoms with Gasteiger partial charge in [0.25, 0.3) is 0 Å². The predicted molar refractivity (Wildman–Crippen MR) is 111 cm³/mol. The molecule has 4 rings (SSSR count). The smallest absolute Gasteiger partial charge is 0.263 e. The lowest BCUT2D eigenvalue weighted by molar-refractivity contribution is -0.169. The zero-order chi connectivity index (χ0) is 21.6. The van der Waals surface area contributed by atoms with Crippen molar-refractivity contribution in [1.82, 2.24) is 9.97 Å². The molecular formula is C18H10Cl2F3N5OS. The summed E-state index contributed by atoms with van der Waals surface area (Å²) in [5.74, 6) is -1.75. The van der Waals surface area contributed by atoms with Crippen LogP contribution in [0.2, 0.25) is 10.0 Å². The summed E-state index contributed by atoms with van der Waals surface area (Å²) in [5.41, 5.74) is 0.968. The van der Waals surface area contributed by atoms with Crippen LogP contribution in [0.1, 0.15) is 0 Å². The number of aromatic nitrogens is 2. The second-order valence-corrected chi connectivity index (χ2v) is 7.94. The maximum absolute atomic E-state index is 13.3. The first-order valence-electron chi connectivity index (χ1n) is 8.28. The number of carbonyl (C=O) groups is 1. The second-order valence-electron chi connectivity index (χ2n) is 6.11. The Labute approximate surface area is 182 Å². The summed E-state index contributed by atoms with van der Waals surface area (Å²) in [5, 5.41) is 6.22.